The summed E-state index contributed by atoms with van der Waals surface area (Å²) in [7, 11) is 1.46. The normalized spacial score (nSPS) is 9.67. The molecule has 0 saturated heterocycles. The van der Waals surface area contributed by atoms with Gasteiger partial charge in [-0.25, -0.2) is 0 Å². The van der Waals surface area contributed by atoms with Gasteiger partial charge in [-0.15, -0.1) is 0 Å². The molecule has 0 radical (unpaired) electrons. The van der Waals surface area contributed by atoms with Crippen molar-refractivity contribution in [1.29, 1.82) is 0 Å². The van der Waals surface area contributed by atoms with Crippen molar-refractivity contribution in [3.8, 4) is 0 Å². The summed E-state index contributed by atoms with van der Waals surface area (Å²) < 4.78 is 4.69. The Kier molecular flexibility index (Phi) is 4.20. The molecule has 0 bridgehead atoms. The maximum Gasteiger partial charge on any atom is 0.250 e. The standard InChI is InChI=1S/C10H12N2O2S/c1-14-6-9(13)12-8-4-2-3-7(5-8)10(11)15/h2-5H,6H2,1H3,(H2,11,15)(H,12,13). The Morgan fingerprint density at radius 1 is 1.60 bits per heavy atom. The van der Waals surface area contributed by atoms with E-state index in [-0.39, 0.29) is 12.5 Å². The Morgan fingerprint density at radius 2 is 2.33 bits per heavy atom. The van der Waals surface area contributed by atoms with Crippen LogP contribution in [0.2, 0.25) is 0 Å². The number of methoxy groups -OCH3 is 1. The van der Waals surface area contributed by atoms with E-state index in [1.54, 1.807) is 24.3 Å². The lowest BCUT2D eigenvalue weighted by Crippen LogP contribution is -2.17. The van der Waals surface area contributed by atoms with Crippen LogP contribution in [-0.4, -0.2) is 24.6 Å². The highest BCUT2D eigenvalue weighted by Crippen LogP contribution is 2.10. The summed E-state index contributed by atoms with van der Waals surface area (Å²) in [6.07, 6.45) is 0. The van der Waals surface area contributed by atoms with E-state index in [9.17, 15) is 4.79 Å². The number of thiocarbonyl (C=S) groups is 1. The number of benzene rings is 1. The average molecular weight is 224 g/mol. The highest BCUT2D eigenvalue weighted by Gasteiger charge is 2.02. The number of carbonyl (C=O) groups excluding carboxylic acids is 1. The summed E-state index contributed by atoms with van der Waals surface area (Å²) in [6, 6.07) is 7.04. The number of rotatable bonds is 4. The molecule has 0 unspecified atom stereocenters. The van der Waals surface area contributed by atoms with Crippen LogP contribution in [0.3, 0.4) is 0 Å². The van der Waals surface area contributed by atoms with E-state index in [1.165, 1.54) is 7.11 Å². The van der Waals surface area contributed by atoms with Crippen molar-refractivity contribution in [1.82, 2.24) is 0 Å². The molecular weight excluding hydrogens is 212 g/mol. The largest absolute Gasteiger partial charge is 0.389 e. The van der Waals surface area contributed by atoms with Crippen LogP contribution in [0.1, 0.15) is 5.56 Å². The zero-order valence-corrected chi connectivity index (χ0v) is 9.14. The number of anilines is 1. The smallest absolute Gasteiger partial charge is 0.250 e. The van der Waals surface area contributed by atoms with Crippen molar-refractivity contribution >= 4 is 28.8 Å². The van der Waals surface area contributed by atoms with Gasteiger partial charge in [0, 0.05) is 18.4 Å². The fourth-order valence-electron chi connectivity index (χ4n) is 1.08. The minimum atomic E-state index is -0.211. The third-order valence-corrected chi connectivity index (χ3v) is 1.94. The molecule has 0 aliphatic rings. The molecule has 0 spiro atoms. The van der Waals surface area contributed by atoms with E-state index >= 15 is 0 Å². The molecule has 1 rings (SSSR count). The minimum absolute atomic E-state index is 0.0251. The Morgan fingerprint density at radius 3 is 2.93 bits per heavy atom. The Bertz CT molecular complexity index is 379. The molecular formula is C10H12N2O2S. The topological polar surface area (TPSA) is 64.3 Å². The monoisotopic (exact) mass is 224 g/mol. The lowest BCUT2D eigenvalue weighted by atomic mass is 10.2. The van der Waals surface area contributed by atoms with E-state index in [1.807, 2.05) is 0 Å². The van der Waals surface area contributed by atoms with Crippen LogP contribution in [-0.2, 0) is 9.53 Å². The van der Waals surface area contributed by atoms with Gasteiger partial charge < -0.3 is 15.8 Å². The van der Waals surface area contributed by atoms with Crippen molar-refractivity contribution < 1.29 is 9.53 Å². The maximum absolute atomic E-state index is 11.2. The Labute approximate surface area is 93.4 Å². The molecule has 3 N–H and O–H groups in total. The predicted octanol–water partition coefficient (Wildman–Crippen LogP) is 0.906. The first-order valence-electron chi connectivity index (χ1n) is 4.32. The lowest BCUT2D eigenvalue weighted by Gasteiger charge is -2.05. The Hall–Kier alpha value is -1.46. The fraction of sp³-hybridized carbons (Fsp3) is 0.200. The van der Waals surface area contributed by atoms with E-state index in [0.29, 0.717) is 10.7 Å². The summed E-state index contributed by atoms with van der Waals surface area (Å²) in [5.41, 5.74) is 6.84. The van der Waals surface area contributed by atoms with Crippen LogP contribution >= 0.6 is 12.2 Å². The SMILES string of the molecule is COCC(=O)Nc1cccc(C(N)=S)c1. The molecule has 0 aliphatic heterocycles. The maximum atomic E-state index is 11.2. The van der Waals surface area contributed by atoms with Crippen molar-refractivity contribution in [3.63, 3.8) is 0 Å². The van der Waals surface area contributed by atoms with Gasteiger partial charge in [0.2, 0.25) is 5.91 Å². The summed E-state index contributed by atoms with van der Waals surface area (Å²) in [5, 5.41) is 2.66. The molecule has 0 saturated carbocycles. The van der Waals surface area contributed by atoms with Crippen LogP contribution in [0.4, 0.5) is 5.69 Å². The third-order valence-electron chi connectivity index (χ3n) is 1.71. The third kappa shape index (κ3) is 3.65. The highest BCUT2D eigenvalue weighted by atomic mass is 32.1. The molecule has 1 aromatic carbocycles. The zero-order valence-electron chi connectivity index (χ0n) is 8.32. The summed E-state index contributed by atoms with van der Waals surface area (Å²) in [4.78, 5) is 11.5. The Balaban J connectivity index is 2.73. The molecule has 4 nitrogen and oxygen atoms in total. The molecule has 0 heterocycles. The molecule has 0 aliphatic carbocycles. The van der Waals surface area contributed by atoms with Crippen LogP contribution in [0.25, 0.3) is 0 Å². The molecule has 0 aromatic heterocycles. The van der Waals surface area contributed by atoms with Crippen molar-refractivity contribution in [2.75, 3.05) is 19.0 Å². The first-order valence-corrected chi connectivity index (χ1v) is 4.73. The van der Waals surface area contributed by atoms with Crippen molar-refractivity contribution in [2.24, 2.45) is 5.73 Å². The van der Waals surface area contributed by atoms with Crippen LogP contribution in [0, 0.1) is 0 Å². The molecule has 1 amide bonds. The summed E-state index contributed by atoms with van der Waals surface area (Å²) in [6.45, 7) is 0.0251. The van der Waals surface area contributed by atoms with Gasteiger partial charge in [-0.05, 0) is 12.1 Å². The summed E-state index contributed by atoms with van der Waals surface area (Å²) >= 11 is 4.83. The number of amides is 1. The number of hydrogen-bond acceptors (Lipinski definition) is 3. The molecule has 5 heteroatoms. The minimum Gasteiger partial charge on any atom is -0.389 e. The van der Waals surface area contributed by atoms with E-state index in [0.717, 1.165) is 5.56 Å². The van der Waals surface area contributed by atoms with Gasteiger partial charge in [0.15, 0.2) is 0 Å². The highest BCUT2D eigenvalue weighted by molar-refractivity contribution is 7.80. The number of nitrogens with two attached hydrogens (primary N) is 1. The first-order chi connectivity index (χ1) is 7.13. The number of carbonyl (C=O) groups is 1. The van der Waals surface area contributed by atoms with Crippen molar-refractivity contribution in [3.05, 3.63) is 29.8 Å². The van der Waals surface area contributed by atoms with E-state index < -0.39 is 0 Å². The summed E-state index contributed by atoms with van der Waals surface area (Å²) in [5.74, 6) is -0.211. The van der Waals surface area contributed by atoms with E-state index in [2.05, 4.69) is 5.32 Å². The number of hydrogen-bond donors (Lipinski definition) is 2. The van der Waals surface area contributed by atoms with Crippen LogP contribution in [0.15, 0.2) is 24.3 Å². The van der Waals surface area contributed by atoms with Crippen molar-refractivity contribution in [2.45, 2.75) is 0 Å². The van der Waals surface area contributed by atoms with Crippen LogP contribution in [0.5, 0.6) is 0 Å². The molecule has 15 heavy (non-hydrogen) atoms. The molecule has 80 valence electrons. The number of nitrogens with one attached hydrogen (secondary N) is 1. The zero-order chi connectivity index (χ0) is 11.3. The quantitative estimate of drug-likeness (QED) is 0.746. The molecule has 0 atom stereocenters. The predicted molar refractivity (Wildman–Crippen MR) is 62.8 cm³/mol. The van der Waals surface area contributed by atoms with E-state index in [4.69, 9.17) is 22.7 Å². The van der Waals surface area contributed by atoms with Gasteiger partial charge in [0.1, 0.15) is 11.6 Å². The molecule has 0 fully saturated rings. The van der Waals surface area contributed by atoms with Gasteiger partial charge in [-0.2, -0.15) is 0 Å². The first kappa shape index (κ1) is 11.6. The number of ether oxygens (including phenoxy) is 1. The molecule has 1 aromatic rings. The average Bonchev–Trinajstić information content (AvgIpc) is 2.18. The van der Waals surface area contributed by atoms with Gasteiger partial charge in [0.25, 0.3) is 0 Å². The van der Waals surface area contributed by atoms with Crippen LogP contribution < -0.4 is 11.1 Å². The van der Waals surface area contributed by atoms with Gasteiger partial charge >= 0.3 is 0 Å². The fourth-order valence-corrected chi connectivity index (χ4v) is 1.21. The second kappa shape index (κ2) is 5.43. The van der Waals surface area contributed by atoms with Gasteiger partial charge in [-0.3, -0.25) is 4.79 Å². The lowest BCUT2D eigenvalue weighted by molar-refractivity contribution is -0.119. The van der Waals surface area contributed by atoms with Gasteiger partial charge in [-0.1, -0.05) is 24.4 Å². The van der Waals surface area contributed by atoms with Gasteiger partial charge in [0.05, 0.1) is 0 Å². The second-order valence-electron chi connectivity index (χ2n) is 2.93. The second-order valence-corrected chi connectivity index (χ2v) is 3.37.